The van der Waals surface area contributed by atoms with Crippen LogP contribution >= 0.6 is 0 Å². The van der Waals surface area contributed by atoms with Gasteiger partial charge in [0.05, 0.1) is 11.6 Å². The number of nitriles is 1. The van der Waals surface area contributed by atoms with Crippen LogP contribution in [0.4, 0.5) is 11.8 Å². The lowest BCUT2D eigenvalue weighted by Gasteiger charge is -2.35. The molecule has 0 saturated carbocycles. The van der Waals surface area contributed by atoms with Gasteiger partial charge in [0.15, 0.2) is 0 Å². The van der Waals surface area contributed by atoms with E-state index in [0.29, 0.717) is 30.2 Å². The van der Waals surface area contributed by atoms with E-state index < -0.39 is 0 Å². The zero-order valence-electron chi connectivity index (χ0n) is 15.1. The highest BCUT2D eigenvalue weighted by Gasteiger charge is 2.23. The van der Waals surface area contributed by atoms with Gasteiger partial charge in [-0.2, -0.15) is 10.2 Å². The van der Waals surface area contributed by atoms with Crippen molar-refractivity contribution < 1.29 is 4.79 Å². The lowest BCUT2D eigenvalue weighted by Crippen LogP contribution is -2.49. The Kier molecular flexibility index (Phi) is 5.32. The maximum atomic E-state index is 12.6. The van der Waals surface area contributed by atoms with E-state index >= 15 is 0 Å². The molecule has 1 N–H and O–H groups in total. The second kappa shape index (κ2) is 7.83. The van der Waals surface area contributed by atoms with Crippen LogP contribution in [0.5, 0.6) is 0 Å². The van der Waals surface area contributed by atoms with Crippen molar-refractivity contribution in [3.8, 4) is 6.07 Å². The van der Waals surface area contributed by atoms with Gasteiger partial charge in [0.25, 0.3) is 5.91 Å². The maximum absolute atomic E-state index is 12.6. The van der Waals surface area contributed by atoms with Crippen molar-refractivity contribution in [1.82, 2.24) is 14.9 Å². The topological polar surface area (TPSA) is 85.2 Å². The first kappa shape index (κ1) is 17.7. The van der Waals surface area contributed by atoms with Crippen LogP contribution < -0.4 is 10.2 Å². The van der Waals surface area contributed by atoms with E-state index in [9.17, 15) is 4.79 Å². The molecule has 0 bridgehead atoms. The number of nitrogens with zero attached hydrogens (tertiary/aromatic N) is 5. The van der Waals surface area contributed by atoms with Gasteiger partial charge in [-0.1, -0.05) is 0 Å². The third-order valence-electron chi connectivity index (χ3n) is 4.33. The molecule has 3 rings (SSSR count). The van der Waals surface area contributed by atoms with E-state index in [4.69, 9.17) is 5.26 Å². The lowest BCUT2D eigenvalue weighted by atomic mass is 10.1. The SMILES string of the molecule is CCNc1nc(C)cc(N2CCN(C(=O)c3ccc(C#N)cc3)CC2)n1. The van der Waals surface area contributed by atoms with E-state index in [0.717, 1.165) is 31.1 Å². The number of piperazine rings is 1. The Morgan fingerprint density at radius 2 is 1.88 bits per heavy atom. The minimum absolute atomic E-state index is 0.00125. The largest absolute Gasteiger partial charge is 0.354 e. The molecule has 7 heteroatoms. The Balaban J connectivity index is 1.65. The monoisotopic (exact) mass is 350 g/mol. The summed E-state index contributed by atoms with van der Waals surface area (Å²) in [4.78, 5) is 25.6. The van der Waals surface area contributed by atoms with Crippen LogP contribution in [0.25, 0.3) is 0 Å². The molecule has 1 saturated heterocycles. The van der Waals surface area contributed by atoms with Crippen LogP contribution in [0.2, 0.25) is 0 Å². The van der Waals surface area contributed by atoms with Gasteiger partial charge < -0.3 is 15.1 Å². The summed E-state index contributed by atoms with van der Waals surface area (Å²) in [6, 6.07) is 10.8. The van der Waals surface area contributed by atoms with Crippen LogP contribution in [0.3, 0.4) is 0 Å². The zero-order chi connectivity index (χ0) is 18.5. The Bertz CT molecular complexity index is 819. The first-order chi connectivity index (χ1) is 12.6. The van der Waals surface area contributed by atoms with Gasteiger partial charge in [-0.3, -0.25) is 4.79 Å². The van der Waals surface area contributed by atoms with Crippen molar-refractivity contribution in [3.63, 3.8) is 0 Å². The molecule has 1 aliphatic heterocycles. The first-order valence-corrected chi connectivity index (χ1v) is 8.74. The fourth-order valence-corrected chi connectivity index (χ4v) is 2.96. The lowest BCUT2D eigenvalue weighted by molar-refractivity contribution is 0.0746. The van der Waals surface area contributed by atoms with Crippen molar-refractivity contribution in [3.05, 3.63) is 47.2 Å². The molecule has 7 nitrogen and oxygen atoms in total. The van der Waals surface area contributed by atoms with E-state index in [1.807, 2.05) is 24.8 Å². The van der Waals surface area contributed by atoms with Gasteiger partial charge in [-0.25, -0.2) is 4.98 Å². The fourth-order valence-electron chi connectivity index (χ4n) is 2.96. The Morgan fingerprint density at radius 3 is 2.50 bits per heavy atom. The molecule has 134 valence electrons. The number of amides is 1. The van der Waals surface area contributed by atoms with Crippen LogP contribution in [-0.2, 0) is 0 Å². The molecule has 1 aliphatic rings. The molecule has 0 atom stereocenters. The van der Waals surface area contributed by atoms with Gasteiger partial charge in [-0.15, -0.1) is 0 Å². The van der Waals surface area contributed by atoms with Gasteiger partial charge >= 0.3 is 0 Å². The number of rotatable bonds is 4. The quantitative estimate of drug-likeness (QED) is 0.908. The molecule has 2 heterocycles. The molecule has 1 aromatic heterocycles. The molecule has 0 unspecified atom stereocenters. The second-order valence-electron chi connectivity index (χ2n) is 6.19. The van der Waals surface area contributed by atoms with Gasteiger partial charge in [0.2, 0.25) is 5.95 Å². The first-order valence-electron chi connectivity index (χ1n) is 8.74. The molecule has 26 heavy (non-hydrogen) atoms. The van der Waals surface area contributed by atoms with Crippen molar-refractivity contribution in [2.75, 3.05) is 42.9 Å². The second-order valence-corrected chi connectivity index (χ2v) is 6.19. The summed E-state index contributed by atoms with van der Waals surface area (Å²) < 4.78 is 0. The molecular formula is C19H22N6O. The molecule has 2 aromatic rings. The van der Waals surface area contributed by atoms with Crippen LogP contribution in [0.15, 0.2) is 30.3 Å². The van der Waals surface area contributed by atoms with Crippen LogP contribution in [0.1, 0.15) is 28.5 Å². The number of anilines is 2. The molecule has 1 aromatic carbocycles. The summed E-state index contributed by atoms with van der Waals surface area (Å²) in [7, 11) is 0. The normalized spacial score (nSPS) is 14.0. The number of carbonyl (C=O) groups excluding carboxylic acids is 1. The van der Waals surface area contributed by atoms with Crippen molar-refractivity contribution in [1.29, 1.82) is 5.26 Å². The molecule has 1 fully saturated rings. The Morgan fingerprint density at radius 1 is 1.19 bits per heavy atom. The third-order valence-corrected chi connectivity index (χ3v) is 4.33. The molecule has 0 aliphatic carbocycles. The van der Waals surface area contributed by atoms with Gasteiger partial charge in [-0.05, 0) is 38.1 Å². The van der Waals surface area contributed by atoms with E-state index in [1.54, 1.807) is 24.3 Å². The predicted octanol–water partition coefficient (Wildman–Crippen LogP) is 2.05. The van der Waals surface area contributed by atoms with E-state index in [1.165, 1.54) is 0 Å². The predicted molar refractivity (Wildman–Crippen MR) is 100 cm³/mol. The highest BCUT2D eigenvalue weighted by Crippen LogP contribution is 2.18. The van der Waals surface area contributed by atoms with Crippen molar-refractivity contribution >= 4 is 17.7 Å². The average molecular weight is 350 g/mol. The van der Waals surface area contributed by atoms with Gasteiger partial charge in [0, 0.05) is 50.0 Å². The number of aromatic nitrogens is 2. The molecular weight excluding hydrogens is 328 g/mol. The highest BCUT2D eigenvalue weighted by molar-refractivity contribution is 5.94. The zero-order valence-corrected chi connectivity index (χ0v) is 15.1. The summed E-state index contributed by atoms with van der Waals surface area (Å²) in [6.07, 6.45) is 0. The third kappa shape index (κ3) is 3.91. The highest BCUT2D eigenvalue weighted by atomic mass is 16.2. The molecule has 1 amide bonds. The summed E-state index contributed by atoms with van der Waals surface area (Å²) in [5.41, 5.74) is 2.09. The maximum Gasteiger partial charge on any atom is 0.253 e. The summed E-state index contributed by atoms with van der Waals surface area (Å²) in [6.45, 7) is 7.47. The number of nitrogens with one attached hydrogen (secondary N) is 1. The molecule has 0 spiro atoms. The minimum Gasteiger partial charge on any atom is -0.354 e. The van der Waals surface area contributed by atoms with Crippen LogP contribution in [0, 0.1) is 18.3 Å². The fraction of sp³-hybridized carbons (Fsp3) is 0.368. The van der Waals surface area contributed by atoms with E-state index in [2.05, 4.69) is 26.3 Å². The van der Waals surface area contributed by atoms with Crippen molar-refractivity contribution in [2.45, 2.75) is 13.8 Å². The van der Waals surface area contributed by atoms with Crippen molar-refractivity contribution in [2.24, 2.45) is 0 Å². The van der Waals surface area contributed by atoms with Crippen LogP contribution in [-0.4, -0.2) is 53.5 Å². The number of aryl methyl sites for hydroxylation is 1. The minimum atomic E-state index is 0.00125. The van der Waals surface area contributed by atoms with Gasteiger partial charge in [0.1, 0.15) is 5.82 Å². The number of carbonyl (C=O) groups is 1. The summed E-state index contributed by atoms with van der Waals surface area (Å²) in [5, 5.41) is 12.0. The Labute approximate surface area is 153 Å². The summed E-state index contributed by atoms with van der Waals surface area (Å²) >= 11 is 0. The smallest absolute Gasteiger partial charge is 0.253 e. The summed E-state index contributed by atoms with van der Waals surface area (Å²) in [5.74, 6) is 1.53. The average Bonchev–Trinajstić information content (AvgIpc) is 2.67. The Hall–Kier alpha value is -3.14. The van der Waals surface area contributed by atoms with E-state index in [-0.39, 0.29) is 5.91 Å². The molecule has 0 radical (unpaired) electrons. The number of hydrogen-bond acceptors (Lipinski definition) is 6. The number of benzene rings is 1. The number of hydrogen-bond donors (Lipinski definition) is 1. The standard InChI is InChI=1S/C19H22N6O/c1-3-21-19-22-14(2)12-17(23-19)24-8-10-25(11-9-24)18(26)16-6-4-15(13-20)5-7-16/h4-7,12H,3,8-11H2,1-2H3,(H,21,22,23).